The van der Waals surface area contributed by atoms with E-state index >= 15 is 0 Å². The molecule has 0 saturated heterocycles. The second-order valence-corrected chi connectivity index (χ2v) is 6.26. The first-order chi connectivity index (χ1) is 12.1. The van der Waals surface area contributed by atoms with Crippen LogP contribution < -0.4 is 10.1 Å². The first-order valence-corrected chi connectivity index (χ1v) is 8.58. The van der Waals surface area contributed by atoms with E-state index in [0.717, 1.165) is 11.3 Å². The van der Waals surface area contributed by atoms with E-state index in [1.807, 2.05) is 35.0 Å². The highest BCUT2D eigenvalue weighted by atomic mass is 32.1. The molecule has 0 fully saturated rings. The first kappa shape index (κ1) is 17.0. The lowest BCUT2D eigenvalue weighted by Gasteiger charge is -2.12. The number of aromatic nitrogens is 2. The van der Waals surface area contributed by atoms with Crippen LogP contribution in [0.15, 0.2) is 45.6 Å². The lowest BCUT2D eigenvalue weighted by Crippen LogP contribution is -2.27. The maximum atomic E-state index is 11.6. The minimum atomic E-state index is -0.0924. The van der Waals surface area contributed by atoms with Crippen molar-refractivity contribution in [3.05, 3.63) is 47.0 Å². The summed E-state index contributed by atoms with van der Waals surface area (Å²) in [7, 11) is 3.39. The number of thiophene rings is 1. The summed E-state index contributed by atoms with van der Waals surface area (Å²) in [6.45, 7) is 0.404. The van der Waals surface area contributed by atoms with Crippen molar-refractivity contribution in [3.63, 3.8) is 0 Å². The Morgan fingerprint density at radius 3 is 3.00 bits per heavy atom. The molecule has 3 aromatic rings. The average molecular weight is 358 g/mol. The average Bonchev–Trinajstić information content (AvgIpc) is 3.29. The molecular weight excluding hydrogens is 340 g/mol. The molecule has 0 aliphatic heterocycles. The van der Waals surface area contributed by atoms with Gasteiger partial charge in [-0.2, -0.15) is 16.3 Å². The van der Waals surface area contributed by atoms with Gasteiger partial charge in [-0.05, 0) is 23.6 Å². The van der Waals surface area contributed by atoms with Crippen molar-refractivity contribution in [2.75, 3.05) is 26.0 Å². The quantitative estimate of drug-likeness (QED) is 0.699. The van der Waals surface area contributed by atoms with Crippen LogP contribution in [0.2, 0.25) is 0 Å². The third kappa shape index (κ3) is 4.57. The lowest BCUT2D eigenvalue weighted by molar-refractivity contribution is -0.130. The molecule has 0 radical (unpaired) electrons. The number of carbonyl (C=O) groups is 1. The van der Waals surface area contributed by atoms with Crippen molar-refractivity contribution in [1.82, 2.24) is 15.0 Å². The number of nitrogens with one attached hydrogen (secondary N) is 1. The van der Waals surface area contributed by atoms with E-state index in [9.17, 15) is 4.79 Å². The molecule has 130 valence electrons. The molecule has 1 aromatic carbocycles. The number of hydrogen-bond donors (Lipinski definition) is 1. The topological polar surface area (TPSA) is 80.5 Å². The van der Waals surface area contributed by atoms with E-state index in [1.54, 1.807) is 31.5 Å². The number of ether oxygens (including phenoxy) is 1. The summed E-state index contributed by atoms with van der Waals surface area (Å²) < 4.78 is 10.7. The van der Waals surface area contributed by atoms with E-state index < -0.39 is 0 Å². The number of carbonyl (C=O) groups excluding carboxylic acids is 1. The molecule has 0 bridgehead atoms. The Balaban J connectivity index is 1.56. The van der Waals surface area contributed by atoms with Gasteiger partial charge in [-0.15, -0.1) is 0 Å². The standard InChI is InChI=1S/C17H18N4O3S/c1-21(2)16(22)10-23-14-5-3-4-13(8-14)18-9-15-19-17(20-24-15)12-6-7-25-11-12/h3-8,11,18H,9-10H2,1-2H3. The second kappa shape index (κ2) is 7.80. The van der Waals surface area contributed by atoms with Crippen LogP contribution in [-0.4, -0.2) is 41.6 Å². The molecule has 7 nitrogen and oxygen atoms in total. The molecule has 2 aromatic heterocycles. The second-order valence-electron chi connectivity index (χ2n) is 5.48. The number of nitrogens with zero attached hydrogens (tertiary/aromatic N) is 3. The van der Waals surface area contributed by atoms with E-state index in [4.69, 9.17) is 9.26 Å². The van der Waals surface area contributed by atoms with Gasteiger partial charge in [0.05, 0.1) is 6.54 Å². The molecule has 1 amide bonds. The summed E-state index contributed by atoms with van der Waals surface area (Å²) >= 11 is 1.59. The van der Waals surface area contributed by atoms with Crippen molar-refractivity contribution >= 4 is 22.9 Å². The number of hydrogen-bond acceptors (Lipinski definition) is 7. The fourth-order valence-electron chi connectivity index (χ4n) is 1.98. The fourth-order valence-corrected chi connectivity index (χ4v) is 2.62. The van der Waals surface area contributed by atoms with Gasteiger partial charge in [0.25, 0.3) is 5.91 Å². The minimum Gasteiger partial charge on any atom is -0.484 e. The first-order valence-electron chi connectivity index (χ1n) is 7.64. The van der Waals surface area contributed by atoms with Crippen molar-refractivity contribution in [2.45, 2.75) is 6.54 Å². The SMILES string of the molecule is CN(C)C(=O)COc1cccc(NCc2nc(-c3ccsc3)no2)c1. The summed E-state index contributed by atoms with van der Waals surface area (Å²) in [5.74, 6) is 1.60. The van der Waals surface area contributed by atoms with Crippen LogP contribution in [0.1, 0.15) is 5.89 Å². The molecule has 0 aliphatic carbocycles. The zero-order valence-corrected chi connectivity index (χ0v) is 14.7. The van der Waals surface area contributed by atoms with Gasteiger partial charge in [0.1, 0.15) is 5.75 Å². The lowest BCUT2D eigenvalue weighted by atomic mass is 10.3. The fraction of sp³-hybridized carbons (Fsp3) is 0.235. The molecule has 0 atom stereocenters. The molecule has 2 heterocycles. The number of likely N-dealkylation sites (N-methyl/N-ethyl adjacent to an activating group) is 1. The van der Waals surface area contributed by atoms with E-state index in [-0.39, 0.29) is 12.5 Å². The predicted octanol–water partition coefficient (Wildman–Crippen LogP) is 2.88. The number of rotatable bonds is 7. The van der Waals surface area contributed by atoms with Gasteiger partial charge in [0.15, 0.2) is 6.61 Å². The third-order valence-electron chi connectivity index (χ3n) is 3.39. The summed E-state index contributed by atoms with van der Waals surface area (Å²) in [5, 5.41) is 11.1. The highest BCUT2D eigenvalue weighted by molar-refractivity contribution is 7.08. The molecular formula is C17H18N4O3S. The Hall–Kier alpha value is -2.87. The molecule has 3 rings (SSSR count). The van der Waals surface area contributed by atoms with Gasteiger partial charge in [-0.1, -0.05) is 11.2 Å². The zero-order chi connectivity index (χ0) is 17.6. The van der Waals surface area contributed by atoms with Gasteiger partial charge < -0.3 is 19.5 Å². The smallest absolute Gasteiger partial charge is 0.259 e. The highest BCUT2D eigenvalue weighted by Crippen LogP contribution is 2.20. The molecule has 0 spiro atoms. The minimum absolute atomic E-state index is 0.00408. The van der Waals surface area contributed by atoms with Gasteiger partial charge in [0.2, 0.25) is 11.7 Å². The van der Waals surface area contributed by atoms with Crippen molar-refractivity contribution in [3.8, 4) is 17.1 Å². The number of amides is 1. The monoisotopic (exact) mass is 358 g/mol. The molecule has 1 N–H and O–H groups in total. The van der Waals surface area contributed by atoms with Gasteiger partial charge >= 0.3 is 0 Å². The summed E-state index contributed by atoms with van der Waals surface area (Å²) in [4.78, 5) is 17.4. The van der Waals surface area contributed by atoms with Crippen LogP contribution in [0.25, 0.3) is 11.4 Å². The van der Waals surface area contributed by atoms with Crippen LogP contribution in [0.4, 0.5) is 5.69 Å². The molecule has 0 saturated carbocycles. The zero-order valence-electron chi connectivity index (χ0n) is 13.9. The van der Waals surface area contributed by atoms with Crippen molar-refractivity contribution in [2.24, 2.45) is 0 Å². The Labute approximate surface area is 149 Å². The highest BCUT2D eigenvalue weighted by Gasteiger charge is 2.09. The molecule has 25 heavy (non-hydrogen) atoms. The Morgan fingerprint density at radius 1 is 1.36 bits per heavy atom. The third-order valence-corrected chi connectivity index (χ3v) is 4.07. The maximum Gasteiger partial charge on any atom is 0.259 e. The largest absolute Gasteiger partial charge is 0.484 e. The van der Waals surface area contributed by atoms with E-state index in [1.165, 1.54) is 4.90 Å². The van der Waals surface area contributed by atoms with Crippen molar-refractivity contribution in [1.29, 1.82) is 0 Å². The number of benzene rings is 1. The van der Waals surface area contributed by atoms with Gasteiger partial charge in [-0.25, -0.2) is 0 Å². The van der Waals surface area contributed by atoms with Crippen LogP contribution in [0, 0.1) is 0 Å². The Morgan fingerprint density at radius 2 is 2.24 bits per heavy atom. The molecule has 0 unspecified atom stereocenters. The summed E-state index contributed by atoms with van der Waals surface area (Å²) in [5.41, 5.74) is 1.78. The van der Waals surface area contributed by atoms with E-state index in [2.05, 4.69) is 15.5 Å². The van der Waals surface area contributed by atoms with Gasteiger partial charge in [-0.3, -0.25) is 4.79 Å². The van der Waals surface area contributed by atoms with Crippen LogP contribution in [-0.2, 0) is 11.3 Å². The normalized spacial score (nSPS) is 10.5. The van der Waals surface area contributed by atoms with Crippen LogP contribution in [0.3, 0.4) is 0 Å². The van der Waals surface area contributed by atoms with E-state index in [0.29, 0.717) is 24.0 Å². The predicted molar refractivity (Wildman–Crippen MR) is 95.6 cm³/mol. The summed E-state index contributed by atoms with van der Waals surface area (Å²) in [6.07, 6.45) is 0. The number of anilines is 1. The van der Waals surface area contributed by atoms with Crippen LogP contribution >= 0.6 is 11.3 Å². The molecule has 8 heteroatoms. The van der Waals surface area contributed by atoms with Crippen molar-refractivity contribution < 1.29 is 14.1 Å². The molecule has 0 aliphatic rings. The Kier molecular flexibility index (Phi) is 5.30. The summed E-state index contributed by atoms with van der Waals surface area (Å²) in [6, 6.07) is 9.32. The maximum absolute atomic E-state index is 11.6. The Bertz CT molecular complexity index is 830. The van der Waals surface area contributed by atoms with Crippen LogP contribution in [0.5, 0.6) is 5.75 Å². The van der Waals surface area contributed by atoms with Gasteiger partial charge in [0, 0.05) is 36.8 Å².